The minimum Gasteiger partial charge on any atom is -0.0921 e. The molecule has 0 heterocycles. The fraction of sp³-hybridized carbons (Fsp3) is 0.333. The molecule has 10 heavy (non-hydrogen) atoms. The Labute approximate surface area is 69.4 Å². The van der Waals surface area contributed by atoms with Crippen LogP contribution in [0.3, 0.4) is 0 Å². The van der Waals surface area contributed by atoms with Crippen molar-refractivity contribution < 1.29 is 0 Å². The van der Waals surface area contributed by atoms with E-state index in [1.54, 1.807) is 5.57 Å². The van der Waals surface area contributed by atoms with Crippen molar-refractivity contribution in [1.82, 2.24) is 0 Å². The van der Waals surface area contributed by atoms with Gasteiger partial charge in [0.25, 0.3) is 0 Å². The number of rotatable bonds is 1. The maximum absolute atomic E-state index is 3.48. The van der Waals surface area contributed by atoms with Gasteiger partial charge in [0.1, 0.15) is 0 Å². The summed E-state index contributed by atoms with van der Waals surface area (Å²) in [4.78, 5) is 0. The first-order valence-electron chi connectivity index (χ1n) is 3.55. The normalized spacial score (nSPS) is 28.3. The molecule has 1 unspecified atom stereocenters. The van der Waals surface area contributed by atoms with Crippen molar-refractivity contribution in [3.8, 4) is 0 Å². The van der Waals surface area contributed by atoms with Crippen LogP contribution >= 0.6 is 15.9 Å². The van der Waals surface area contributed by atoms with Gasteiger partial charge in [-0.2, -0.15) is 0 Å². The maximum atomic E-state index is 3.48. The summed E-state index contributed by atoms with van der Waals surface area (Å²) >= 11 is 3.48. The molecule has 0 bridgehead atoms. The summed E-state index contributed by atoms with van der Waals surface area (Å²) in [6, 6.07) is 0. The van der Waals surface area contributed by atoms with Crippen LogP contribution in [0.5, 0.6) is 0 Å². The molecule has 0 spiro atoms. The molecule has 0 aromatic heterocycles. The van der Waals surface area contributed by atoms with E-state index in [-0.39, 0.29) is 0 Å². The lowest BCUT2D eigenvalue weighted by Gasteiger charge is -1.85. The molecule has 0 aliphatic heterocycles. The topological polar surface area (TPSA) is 0 Å². The molecular formula is C9H9Br. The van der Waals surface area contributed by atoms with Gasteiger partial charge in [-0.1, -0.05) is 45.8 Å². The Balaban J connectivity index is 2.18. The highest BCUT2D eigenvalue weighted by atomic mass is 79.9. The molecule has 1 saturated carbocycles. The average Bonchev–Trinajstić information content (AvgIpc) is 2.56. The van der Waals surface area contributed by atoms with E-state index in [1.807, 2.05) is 0 Å². The smallest absolute Gasteiger partial charge is 0.0100 e. The van der Waals surface area contributed by atoms with Crippen LogP contribution in [-0.2, 0) is 0 Å². The Hall–Kier alpha value is -0.300. The lowest BCUT2D eigenvalue weighted by atomic mass is 10.2. The molecule has 52 valence electrons. The molecule has 0 amide bonds. The Bertz CT molecular complexity index is 219. The number of alkyl halides is 1. The molecule has 0 nitrogen and oxygen atoms in total. The molecular weight excluding hydrogens is 188 g/mol. The van der Waals surface area contributed by atoms with E-state index >= 15 is 0 Å². The Kier molecular flexibility index (Phi) is 1.53. The number of allylic oxidation sites excluding steroid dienone is 6. The Morgan fingerprint density at radius 3 is 2.60 bits per heavy atom. The van der Waals surface area contributed by atoms with Crippen molar-refractivity contribution in [2.75, 3.05) is 5.33 Å². The molecule has 0 aromatic carbocycles. The monoisotopic (exact) mass is 196 g/mol. The molecule has 0 radical (unpaired) electrons. The van der Waals surface area contributed by atoms with Crippen molar-refractivity contribution >= 4 is 15.9 Å². The summed E-state index contributed by atoms with van der Waals surface area (Å²) < 4.78 is 0. The van der Waals surface area contributed by atoms with Gasteiger partial charge in [0.2, 0.25) is 0 Å². The quantitative estimate of drug-likeness (QED) is 0.567. The van der Waals surface area contributed by atoms with Gasteiger partial charge < -0.3 is 0 Å². The Morgan fingerprint density at radius 2 is 2.10 bits per heavy atom. The van der Waals surface area contributed by atoms with Gasteiger partial charge in [0.05, 0.1) is 0 Å². The third kappa shape index (κ3) is 0.988. The van der Waals surface area contributed by atoms with Crippen LogP contribution in [0.4, 0.5) is 0 Å². The van der Waals surface area contributed by atoms with Crippen LogP contribution in [0.25, 0.3) is 0 Å². The molecule has 0 saturated heterocycles. The third-order valence-electron chi connectivity index (χ3n) is 2.02. The van der Waals surface area contributed by atoms with Gasteiger partial charge in [0.15, 0.2) is 0 Å². The first-order valence-corrected chi connectivity index (χ1v) is 4.67. The molecule has 1 heteroatoms. The summed E-state index contributed by atoms with van der Waals surface area (Å²) in [6.07, 6.45) is 9.89. The third-order valence-corrected chi connectivity index (χ3v) is 2.80. The second-order valence-electron chi connectivity index (χ2n) is 2.75. The van der Waals surface area contributed by atoms with Crippen molar-refractivity contribution in [3.05, 3.63) is 35.5 Å². The predicted octanol–water partition coefficient (Wildman–Crippen LogP) is 2.82. The molecule has 0 N–H and O–H groups in total. The van der Waals surface area contributed by atoms with E-state index in [0.717, 1.165) is 11.2 Å². The van der Waals surface area contributed by atoms with E-state index in [9.17, 15) is 0 Å². The highest BCUT2D eigenvalue weighted by molar-refractivity contribution is 9.09. The predicted molar refractivity (Wildman–Crippen MR) is 47.2 cm³/mol. The number of halogens is 1. The van der Waals surface area contributed by atoms with Crippen LogP contribution in [-0.4, -0.2) is 5.33 Å². The van der Waals surface area contributed by atoms with E-state index < -0.39 is 0 Å². The molecule has 1 atom stereocenters. The van der Waals surface area contributed by atoms with Crippen molar-refractivity contribution in [2.45, 2.75) is 6.42 Å². The zero-order valence-corrected chi connectivity index (χ0v) is 7.26. The van der Waals surface area contributed by atoms with Crippen LogP contribution in [0.2, 0.25) is 0 Å². The first-order chi connectivity index (χ1) is 4.92. The average molecular weight is 197 g/mol. The standard InChI is InChI=1S/C9H9Br/c10-6-8-5-9(8)7-3-1-2-4-7/h1-4,8H,5-6H2. The second kappa shape index (κ2) is 2.39. The van der Waals surface area contributed by atoms with Gasteiger partial charge in [-0.25, -0.2) is 0 Å². The zero-order valence-electron chi connectivity index (χ0n) is 5.68. The second-order valence-corrected chi connectivity index (χ2v) is 3.40. The largest absolute Gasteiger partial charge is 0.0921 e. The molecule has 2 aliphatic carbocycles. The fourth-order valence-corrected chi connectivity index (χ4v) is 1.92. The highest BCUT2D eigenvalue weighted by Crippen LogP contribution is 2.42. The van der Waals surface area contributed by atoms with Crippen molar-refractivity contribution in [1.29, 1.82) is 0 Å². The summed E-state index contributed by atoms with van der Waals surface area (Å²) in [5.41, 5.74) is 3.08. The van der Waals surface area contributed by atoms with Crippen LogP contribution in [0.15, 0.2) is 35.5 Å². The van der Waals surface area contributed by atoms with E-state index in [2.05, 4.69) is 40.2 Å². The summed E-state index contributed by atoms with van der Waals surface area (Å²) in [5.74, 6) is 0.836. The summed E-state index contributed by atoms with van der Waals surface area (Å²) in [5, 5.41) is 1.13. The number of hydrogen-bond donors (Lipinski definition) is 0. The number of hydrogen-bond acceptors (Lipinski definition) is 0. The zero-order chi connectivity index (χ0) is 6.97. The Morgan fingerprint density at radius 1 is 1.40 bits per heavy atom. The highest BCUT2D eigenvalue weighted by Gasteiger charge is 2.30. The van der Waals surface area contributed by atoms with Crippen molar-refractivity contribution in [2.24, 2.45) is 5.92 Å². The molecule has 0 aromatic rings. The molecule has 1 fully saturated rings. The summed E-state index contributed by atoms with van der Waals surface area (Å²) in [7, 11) is 0. The SMILES string of the molecule is BrCC1CC1=C1C=CC=C1. The summed E-state index contributed by atoms with van der Waals surface area (Å²) in [6.45, 7) is 0. The lowest BCUT2D eigenvalue weighted by molar-refractivity contribution is 1.05. The van der Waals surface area contributed by atoms with E-state index in [1.165, 1.54) is 12.0 Å². The van der Waals surface area contributed by atoms with Gasteiger partial charge >= 0.3 is 0 Å². The minimum atomic E-state index is 0.836. The molecule has 2 aliphatic rings. The van der Waals surface area contributed by atoms with Gasteiger partial charge in [-0.3, -0.25) is 0 Å². The van der Waals surface area contributed by atoms with Crippen molar-refractivity contribution in [3.63, 3.8) is 0 Å². The first kappa shape index (κ1) is 6.41. The minimum absolute atomic E-state index is 0.836. The van der Waals surface area contributed by atoms with Crippen LogP contribution in [0.1, 0.15) is 6.42 Å². The lowest BCUT2D eigenvalue weighted by Crippen LogP contribution is -1.73. The van der Waals surface area contributed by atoms with Crippen LogP contribution in [0, 0.1) is 5.92 Å². The molecule has 2 rings (SSSR count). The van der Waals surface area contributed by atoms with E-state index in [0.29, 0.717) is 0 Å². The van der Waals surface area contributed by atoms with Gasteiger partial charge in [0, 0.05) is 5.33 Å². The van der Waals surface area contributed by atoms with E-state index in [4.69, 9.17) is 0 Å². The van der Waals surface area contributed by atoms with Gasteiger partial charge in [-0.05, 0) is 17.9 Å². The maximum Gasteiger partial charge on any atom is 0.0100 e. The van der Waals surface area contributed by atoms with Gasteiger partial charge in [-0.15, -0.1) is 0 Å². The van der Waals surface area contributed by atoms with Crippen LogP contribution < -0.4 is 0 Å². The fourth-order valence-electron chi connectivity index (χ4n) is 1.30.